The van der Waals surface area contributed by atoms with Crippen molar-refractivity contribution in [1.82, 2.24) is 0 Å². The van der Waals surface area contributed by atoms with Gasteiger partial charge in [0.15, 0.2) is 0 Å². The summed E-state index contributed by atoms with van der Waals surface area (Å²) in [7, 11) is 1.51. The van der Waals surface area contributed by atoms with Gasteiger partial charge < -0.3 is 15.8 Å². The molecule has 0 aromatic heterocycles. The maximum Gasteiger partial charge on any atom is 0.273 e. The zero-order chi connectivity index (χ0) is 14.7. The lowest BCUT2D eigenvalue weighted by atomic mass is 10.2. The van der Waals surface area contributed by atoms with Crippen LogP contribution in [-0.4, -0.2) is 12.0 Å². The molecule has 0 aliphatic heterocycles. The first-order valence-corrected chi connectivity index (χ1v) is 6.03. The number of rotatable bonds is 4. The molecule has 0 fully saturated rings. The summed E-state index contributed by atoms with van der Waals surface area (Å²) in [6.45, 7) is 0. The SMILES string of the molecule is COc1cc(Nc2cc(N)cc([N+](=O)[O-])c2)ccc1Cl. The van der Waals surface area contributed by atoms with E-state index in [4.69, 9.17) is 22.1 Å². The van der Waals surface area contributed by atoms with Crippen molar-refractivity contribution in [2.45, 2.75) is 0 Å². The minimum absolute atomic E-state index is 0.0755. The average Bonchev–Trinajstić information content (AvgIpc) is 2.40. The van der Waals surface area contributed by atoms with Crippen LogP contribution >= 0.6 is 11.6 Å². The highest BCUT2D eigenvalue weighted by atomic mass is 35.5. The van der Waals surface area contributed by atoms with Crippen molar-refractivity contribution >= 4 is 34.4 Å². The quantitative estimate of drug-likeness (QED) is 0.511. The van der Waals surface area contributed by atoms with Crippen LogP contribution in [0.3, 0.4) is 0 Å². The molecule has 0 aliphatic rings. The van der Waals surface area contributed by atoms with E-state index in [9.17, 15) is 10.1 Å². The molecule has 0 spiro atoms. The lowest BCUT2D eigenvalue weighted by molar-refractivity contribution is -0.384. The summed E-state index contributed by atoms with van der Waals surface area (Å²) >= 11 is 5.93. The minimum atomic E-state index is -0.496. The fourth-order valence-electron chi connectivity index (χ4n) is 1.72. The lowest BCUT2D eigenvalue weighted by Gasteiger charge is -2.10. The zero-order valence-corrected chi connectivity index (χ0v) is 11.3. The Labute approximate surface area is 120 Å². The number of halogens is 1. The van der Waals surface area contributed by atoms with Crippen molar-refractivity contribution in [2.24, 2.45) is 0 Å². The Balaban J connectivity index is 2.32. The largest absolute Gasteiger partial charge is 0.495 e. The number of nitro groups is 1. The average molecular weight is 294 g/mol. The number of nitrogen functional groups attached to an aromatic ring is 1. The van der Waals surface area contributed by atoms with E-state index in [0.717, 1.165) is 0 Å². The molecule has 0 atom stereocenters. The summed E-state index contributed by atoms with van der Waals surface area (Å²) in [5.74, 6) is 0.509. The highest BCUT2D eigenvalue weighted by molar-refractivity contribution is 6.32. The topological polar surface area (TPSA) is 90.4 Å². The van der Waals surface area contributed by atoms with Crippen LogP contribution in [0.4, 0.5) is 22.7 Å². The van der Waals surface area contributed by atoms with E-state index in [0.29, 0.717) is 27.8 Å². The Bertz CT molecular complexity index is 661. The molecule has 3 N–H and O–H groups in total. The summed E-state index contributed by atoms with van der Waals surface area (Å²) in [4.78, 5) is 10.3. The number of non-ortho nitro benzene ring substituents is 1. The summed E-state index contributed by atoms with van der Waals surface area (Å²) in [6.07, 6.45) is 0. The van der Waals surface area contributed by atoms with Crippen LogP contribution in [0.1, 0.15) is 0 Å². The third-order valence-electron chi connectivity index (χ3n) is 2.59. The van der Waals surface area contributed by atoms with E-state index >= 15 is 0 Å². The van der Waals surface area contributed by atoms with Crippen LogP contribution in [0.2, 0.25) is 5.02 Å². The number of methoxy groups -OCH3 is 1. The minimum Gasteiger partial charge on any atom is -0.495 e. The molecule has 0 amide bonds. The Morgan fingerprint density at radius 1 is 1.25 bits per heavy atom. The van der Waals surface area contributed by atoms with Crippen LogP contribution in [0, 0.1) is 10.1 Å². The second-order valence-electron chi connectivity index (χ2n) is 4.04. The van der Waals surface area contributed by atoms with Gasteiger partial charge in [0.05, 0.1) is 17.1 Å². The molecular formula is C13H12ClN3O3. The molecule has 2 aromatic carbocycles. The number of nitrogens with two attached hydrogens (primary N) is 1. The first kappa shape index (κ1) is 14.0. The third kappa shape index (κ3) is 3.10. The summed E-state index contributed by atoms with van der Waals surface area (Å²) in [5.41, 5.74) is 7.07. The normalized spacial score (nSPS) is 10.1. The second kappa shape index (κ2) is 5.66. The van der Waals surface area contributed by atoms with E-state index in [2.05, 4.69) is 5.32 Å². The number of hydrogen-bond acceptors (Lipinski definition) is 5. The van der Waals surface area contributed by atoms with Gasteiger partial charge in [0, 0.05) is 35.3 Å². The second-order valence-corrected chi connectivity index (χ2v) is 4.45. The van der Waals surface area contributed by atoms with Crippen molar-refractivity contribution in [3.63, 3.8) is 0 Å². The molecular weight excluding hydrogens is 282 g/mol. The molecule has 0 bridgehead atoms. The molecule has 0 heterocycles. The van der Waals surface area contributed by atoms with Gasteiger partial charge in [0.1, 0.15) is 5.75 Å². The molecule has 0 saturated carbocycles. The molecule has 2 aromatic rings. The third-order valence-corrected chi connectivity index (χ3v) is 2.90. The first-order valence-electron chi connectivity index (χ1n) is 5.65. The van der Waals surface area contributed by atoms with Crippen LogP contribution in [0.5, 0.6) is 5.75 Å². The fourth-order valence-corrected chi connectivity index (χ4v) is 1.91. The van der Waals surface area contributed by atoms with Gasteiger partial charge in [-0.05, 0) is 18.2 Å². The number of ether oxygens (including phenoxy) is 1. The number of benzene rings is 2. The number of nitrogens with zero attached hydrogens (tertiary/aromatic N) is 1. The molecule has 7 heteroatoms. The van der Waals surface area contributed by atoms with Gasteiger partial charge in [-0.25, -0.2) is 0 Å². The Morgan fingerprint density at radius 2 is 2.00 bits per heavy atom. The van der Waals surface area contributed by atoms with Crippen molar-refractivity contribution < 1.29 is 9.66 Å². The summed E-state index contributed by atoms with van der Waals surface area (Å²) < 4.78 is 5.10. The predicted octanol–water partition coefficient (Wildman–Crippen LogP) is 3.58. The van der Waals surface area contributed by atoms with Crippen molar-refractivity contribution in [3.8, 4) is 5.75 Å². The van der Waals surface area contributed by atoms with E-state index in [1.165, 1.54) is 19.2 Å². The van der Waals surface area contributed by atoms with Crippen LogP contribution < -0.4 is 15.8 Å². The van der Waals surface area contributed by atoms with Crippen LogP contribution in [-0.2, 0) is 0 Å². The number of hydrogen-bond donors (Lipinski definition) is 2. The molecule has 0 aliphatic carbocycles. The first-order chi connectivity index (χ1) is 9.49. The molecule has 2 rings (SSSR count). The van der Waals surface area contributed by atoms with Gasteiger partial charge in [-0.2, -0.15) is 0 Å². The van der Waals surface area contributed by atoms with Gasteiger partial charge in [0.25, 0.3) is 5.69 Å². The highest BCUT2D eigenvalue weighted by Crippen LogP contribution is 2.30. The molecule has 104 valence electrons. The highest BCUT2D eigenvalue weighted by Gasteiger charge is 2.09. The zero-order valence-electron chi connectivity index (χ0n) is 10.6. The van der Waals surface area contributed by atoms with Crippen molar-refractivity contribution in [1.29, 1.82) is 0 Å². The van der Waals surface area contributed by atoms with E-state index < -0.39 is 4.92 Å². The van der Waals surface area contributed by atoms with Gasteiger partial charge >= 0.3 is 0 Å². The molecule has 20 heavy (non-hydrogen) atoms. The predicted molar refractivity (Wildman–Crippen MR) is 78.8 cm³/mol. The van der Waals surface area contributed by atoms with Gasteiger partial charge in [-0.1, -0.05) is 11.6 Å². The monoisotopic (exact) mass is 293 g/mol. The summed E-state index contributed by atoms with van der Waals surface area (Å²) in [5, 5.41) is 14.3. The van der Waals surface area contributed by atoms with Crippen molar-refractivity contribution in [2.75, 3.05) is 18.2 Å². The molecule has 0 unspecified atom stereocenters. The number of nitro benzene ring substituents is 1. The molecule has 0 saturated heterocycles. The number of nitrogens with one attached hydrogen (secondary N) is 1. The van der Waals surface area contributed by atoms with E-state index in [1.807, 2.05) is 0 Å². The van der Waals surface area contributed by atoms with Gasteiger partial charge in [-0.3, -0.25) is 10.1 Å². The van der Waals surface area contributed by atoms with Gasteiger partial charge in [-0.15, -0.1) is 0 Å². The standard InChI is InChI=1S/C13H12ClN3O3/c1-20-13-7-9(2-3-12(13)14)16-10-4-8(15)5-11(6-10)17(18)19/h2-7,16H,15H2,1H3. The Hall–Kier alpha value is -2.47. The maximum atomic E-state index is 10.8. The molecule has 6 nitrogen and oxygen atoms in total. The summed E-state index contributed by atoms with van der Waals surface area (Å²) in [6, 6.07) is 9.40. The van der Waals surface area contributed by atoms with Crippen molar-refractivity contribution in [3.05, 3.63) is 51.5 Å². The van der Waals surface area contributed by atoms with E-state index in [-0.39, 0.29) is 5.69 Å². The Morgan fingerprint density at radius 3 is 2.65 bits per heavy atom. The molecule has 0 radical (unpaired) electrons. The maximum absolute atomic E-state index is 10.8. The van der Waals surface area contributed by atoms with Crippen LogP contribution in [0.25, 0.3) is 0 Å². The van der Waals surface area contributed by atoms with Gasteiger partial charge in [0.2, 0.25) is 0 Å². The van der Waals surface area contributed by atoms with Crippen LogP contribution in [0.15, 0.2) is 36.4 Å². The van der Waals surface area contributed by atoms with E-state index in [1.54, 1.807) is 24.3 Å². The number of anilines is 3. The fraction of sp³-hybridized carbons (Fsp3) is 0.0769. The smallest absolute Gasteiger partial charge is 0.273 e. The Kier molecular flexibility index (Phi) is 3.95. The lowest BCUT2D eigenvalue weighted by Crippen LogP contribution is -1.96.